The summed E-state index contributed by atoms with van der Waals surface area (Å²) in [5.74, 6) is -0.349. The van der Waals surface area contributed by atoms with Gasteiger partial charge in [-0.05, 0) is 55.8 Å². The van der Waals surface area contributed by atoms with E-state index < -0.39 is 10.0 Å². The zero-order valence-electron chi connectivity index (χ0n) is 17.1. The summed E-state index contributed by atoms with van der Waals surface area (Å²) in [4.78, 5) is 17.5. The minimum atomic E-state index is -3.61. The standard InChI is InChI=1S/C22H22BrN3O3S/c1-14-8-9-18(13-21(14)30(28,29)26(3)4)25-22(27)19-10-11-20(24-15(19)2)16-6-5-7-17(23)12-16/h5-13H,1-4H3,(H,25,27). The van der Waals surface area contributed by atoms with E-state index in [0.717, 1.165) is 20.0 Å². The van der Waals surface area contributed by atoms with E-state index in [-0.39, 0.29) is 10.8 Å². The van der Waals surface area contributed by atoms with Crippen LogP contribution in [-0.4, -0.2) is 37.7 Å². The molecule has 156 valence electrons. The van der Waals surface area contributed by atoms with Crippen molar-refractivity contribution in [2.75, 3.05) is 19.4 Å². The van der Waals surface area contributed by atoms with Crippen molar-refractivity contribution in [2.24, 2.45) is 0 Å². The van der Waals surface area contributed by atoms with E-state index in [0.29, 0.717) is 22.5 Å². The van der Waals surface area contributed by atoms with Crippen LogP contribution in [0.3, 0.4) is 0 Å². The van der Waals surface area contributed by atoms with E-state index in [4.69, 9.17) is 0 Å². The Morgan fingerprint density at radius 1 is 1.03 bits per heavy atom. The molecule has 0 saturated heterocycles. The molecule has 0 aliphatic carbocycles. The molecule has 2 aromatic carbocycles. The molecule has 0 aliphatic rings. The molecular weight excluding hydrogens is 466 g/mol. The van der Waals surface area contributed by atoms with Crippen molar-refractivity contribution in [2.45, 2.75) is 18.7 Å². The number of amides is 1. The van der Waals surface area contributed by atoms with E-state index >= 15 is 0 Å². The number of hydrogen-bond donors (Lipinski definition) is 1. The number of aromatic nitrogens is 1. The van der Waals surface area contributed by atoms with Gasteiger partial charge in [0.1, 0.15) is 0 Å². The lowest BCUT2D eigenvalue weighted by Crippen LogP contribution is -2.23. The Morgan fingerprint density at radius 2 is 1.77 bits per heavy atom. The Bertz CT molecular complexity index is 1220. The molecule has 3 aromatic rings. The number of hydrogen-bond acceptors (Lipinski definition) is 4. The number of pyridine rings is 1. The SMILES string of the molecule is Cc1ccc(NC(=O)c2ccc(-c3cccc(Br)c3)nc2C)cc1S(=O)(=O)N(C)C. The van der Waals surface area contributed by atoms with Crippen LogP contribution in [0.2, 0.25) is 0 Å². The number of carbonyl (C=O) groups excluding carboxylic acids is 1. The summed E-state index contributed by atoms with van der Waals surface area (Å²) >= 11 is 3.45. The number of anilines is 1. The van der Waals surface area contributed by atoms with Gasteiger partial charge >= 0.3 is 0 Å². The lowest BCUT2D eigenvalue weighted by atomic mass is 10.1. The fraction of sp³-hybridized carbons (Fsp3) is 0.182. The van der Waals surface area contributed by atoms with Gasteiger partial charge in [0.2, 0.25) is 10.0 Å². The van der Waals surface area contributed by atoms with Gasteiger partial charge in [-0.25, -0.2) is 12.7 Å². The van der Waals surface area contributed by atoms with E-state index in [2.05, 4.69) is 26.2 Å². The molecule has 30 heavy (non-hydrogen) atoms. The Morgan fingerprint density at radius 3 is 2.40 bits per heavy atom. The highest BCUT2D eigenvalue weighted by Crippen LogP contribution is 2.25. The normalized spacial score (nSPS) is 11.5. The zero-order chi connectivity index (χ0) is 22.1. The van der Waals surface area contributed by atoms with Gasteiger partial charge in [-0.3, -0.25) is 9.78 Å². The molecule has 0 fully saturated rings. The second-order valence-corrected chi connectivity index (χ2v) is 10.1. The van der Waals surface area contributed by atoms with Crippen LogP contribution >= 0.6 is 15.9 Å². The van der Waals surface area contributed by atoms with Gasteiger partial charge in [-0.15, -0.1) is 0 Å². The monoisotopic (exact) mass is 487 g/mol. The minimum absolute atomic E-state index is 0.158. The first-order valence-electron chi connectivity index (χ1n) is 9.17. The van der Waals surface area contributed by atoms with Gasteiger partial charge in [-0.1, -0.05) is 34.1 Å². The van der Waals surface area contributed by atoms with Gasteiger partial charge < -0.3 is 5.32 Å². The average molecular weight is 488 g/mol. The van der Waals surface area contributed by atoms with E-state index in [1.165, 1.54) is 20.2 Å². The predicted octanol–water partition coefficient (Wildman–Crippen LogP) is 4.63. The first-order chi connectivity index (χ1) is 14.1. The number of nitrogens with zero attached hydrogens (tertiary/aromatic N) is 2. The van der Waals surface area contributed by atoms with Gasteiger partial charge in [0.05, 0.1) is 21.8 Å². The number of sulfonamides is 1. The molecule has 8 heteroatoms. The highest BCUT2D eigenvalue weighted by Gasteiger charge is 2.21. The quantitative estimate of drug-likeness (QED) is 0.568. The van der Waals surface area contributed by atoms with Crippen molar-refractivity contribution in [1.29, 1.82) is 0 Å². The van der Waals surface area contributed by atoms with Crippen molar-refractivity contribution in [3.63, 3.8) is 0 Å². The molecule has 0 radical (unpaired) electrons. The fourth-order valence-electron chi connectivity index (χ4n) is 2.96. The van der Waals surface area contributed by atoms with Crippen LogP contribution < -0.4 is 5.32 Å². The van der Waals surface area contributed by atoms with Crippen molar-refractivity contribution in [3.8, 4) is 11.3 Å². The topological polar surface area (TPSA) is 79.4 Å². The molecule has 0 atom stereocenters. The number of aryl methyl sites for hydroxylation is 2. The van der Waals surface area contributed by atoms with Crippen molar-refractivity contribution < 1.29 is 13.2 Å². The summed E-state index contributed by atoms with van der Waals surface area (Å²) in [7, 11) is -0.664. The maximum absolute atomic E-state index is 12.8. The zero-order valence-corrected chi connectivity index (χ0v) is 19.5. The first kappa shape index (κ1) is 22.1. The van der Waals surface area contributed by atoms with Crippen molar-refractivity contribution >= 4 is 37.5 Å². The van der Waals surface area contributed by atoms with Crippen LogP contribution in [0.5, 0.6) is 0 Å². The maximum Gasteiger partial charge on any atom is 0.257 e. The maximum atomic E-state index is 12.8. The van der Waals surface area contributed by atoms with Gasteiger partial charge in [0, 0.05) is 29.8 Å². The lowest BCUT2D eigenvalue weighted by molar-refractivity contribution is 0.102. The molecule has 1 N–H and O–H groups in total. The number of benzene rings is 2. The Hall–Kier alpha value is -2.55. The molecule has 1 aromatic heterocycles. The summed E-state index contributed by atoms with van der Waals surface area (Å²) in [5.41, 5.74) is 3.72. The Balaban J connectivity index is 1.88. The van der Waals surface area contributed by atoms with Gasteiger partial charge in [0.25, 0.3) is 5.91 Å². The molecule has 0 spiro atoms. The molecule has 3 rings (SSSR count). The van der Waals surface area contributed by atoms with Crippen LogP contribution in [0.15, 0.2) is 64.0 Å². The molecule has 1 amide bonds. The van der Waals surface area contributed by atoms with E-state index in [9.17, 15) is 13.2 Å². The highest BCUT2D eigenvalue weighted by atomic mass is 79.9. The molecule has 6 nitrogen and oxygen atoms in total. The van der Waals surface area contributed by atoms with Gasteiger partial charge in [-0.2, -0.15) is 0 Å². The third-order valence-electron chi connectivity index (χ3n) is 4.66. The number of nitrogens with one attached hydrogen (secondary N) is 1. The predicted molar refractivity (Wildman–Crippen MR) is 122 cm³/mol. The number of halogens is 1. The Labute approximate surface area is 185 Å². The third kappa shape index (κ3) is 4.61. The van der Waals surface area contributed by atoms with Crippen molar-refractivity contribution in [3.05, 3.63) is 75.9 Å². The molecule has 0 unspecified atom stereocenters. The average Bonchev–Trinajstić information content (AvgIpc) is 2.69. The smallest absolute Gasteiger partial charge is 0.257 e. The summed E-state index contributed by atoms with van der Waals surface area (Å²) in [6.45, 7) is 3.49. The first-order valence-corrected chi connectivity index (χ1v) is 11.4. The highest BCUT2D eigenvalue weighted by molar-refractivity contribution is 9.10. The van der Waals surface area contributed by atoms with Crippen LogP contribution in [-0.2, 0) is 10.0 Å². The third-order valence-corrected chi connectivity index (χ3v) is 7.11. The minimum Gasteiger partial charge on any atom is -0.322 e. The second-order valence-electron chi connectivity index (χ2n) is 7.06. The molecule has 0 saturated carbocycles. The molecule has 0 bridgehead atoms. The molecular formula is C22H22BrN3O3S. The summed E-state index contributed by atoms with van der Waals surface area (Å²) in [6.07, 6.45) is 0. The fourth-order valence-corrected chi connectivity index (χ4v) is 4.50. The molecule has 0 aliphatic heterocycles. The van der Waals surface area contributed by atoms with Gasteiger partial charge in [0.15, 0.2) is 0 Å². The van der Waals surface area contributed by atoms with E-state index in [1.54, 1.807) is 38.1 Å². The number of carbonyl (C=O) groups is 1. The van der Waals surface area contributed by atoms with Crippen molar-refractivity contribution in [1.82, 2.24) is 9.29 Å². The number of rotatable bonds is 5. The molecule has 1 heterocycles. The van der Waals surface area contributed by atoms with Crippen LogP contribution in [0.25, 0.3) is 11.3 Å². The van der Waals surface area contributed by atoms with E-state index in [1.807, 2.05) is 24.3 Å². The summed E-state index contributed by atoms with van der Waals surface area (Å²) < 4.78 is 27.1. The van der Waals surface area contributed by atoms with Crippen LogP contribution in [0.1, 0.15) is 21.6 Å². The second kappa shape index (κ2) is 8.67. The Kier molecular flexibility index (Phi) is 6.40. The summed E-state index contributed by atoms with van der Waals surface area (Å²) in [6, 6.07) is 16.1. The lowest BCUT2D eigenvalue weighted by Gasteiger charge is -2.15. The summed E-state index contributed by atoms with van der Waals surface area (Å²) in [5, 5.41) is 2.78. The van der Waals surface area contributed by atoms with Crippen LogP contribution in [0, 0.1) is 13.8 Å². The van der Waals surface area contributed by atoms with Crippen LogP contribution in [0.4, 0.5) is 5.69 Å². The largest absolute Gasteiger partial charge is 0.322 e.